The standard InChI is InChI=1S/C9H10BBrO2/c11-7-3-6-10-12-8-4-1-2-5-9(8)13-10/h1-2,4-5H,3,6-7H2. The summed E-state index contributed by atoms with van der Waals surface area (Å²) in [6, 6.07) is 7.77. The third-order valence-corrected chi connectivity index (χ3v) is 2.50. The summed E-state index contributed by atoms with van der Waals surface area (Å²) < 4.78 is 11.1. The molecule has 2 nitrogen and oxygen atoms in total. The number of fused-ring (bicyclic) bond motifs is 1. The quantitative estimate of drug-likeness (QED) is 0.598. The highest BCUT2D eigenvalue weighted by molar-refractivity contribution is 9.09. The fourth-order valence-electron chi connectivity index (χ4n) is 1.31. The van der Waals surface area contributed by atoms with Gasteiger partial charge in [0.2, 0.25) is 0 Å². The van der Waals surface area contributed by atoms with Gasteiger partial charge in [-0.3, -0.25) is 0 Å². The molecule has 0 saturated carbocycles. The molecule has 0 saturated heterocycles. The van der Waals surface area contributed by atoms with Gasteiger partial charge in [0.15, 0.2) is 0 Å². The molecule has 0 fully saturated rings. The summed E-state index contributed by atoms with van der Waals surface area (Å²) in [5.74, 6) is 1.73. The average Bonchev–Trinajstić information content (AvgIpc) is 2.57. The lowest BCUT2D eigenvalue weighted by Gasteiger charge is -2.01. The minimum absolute atomic E-state index is 0.0880. The van der Waals surface area contributed by atoms with E-state index in [9.17, 15) is 0 Å². The summed E-state index contributed by atoms with van der Waals surface area (Å²) in [7, 11) is -0.0880. The molecule has 0 atom stereocenters. The van der Waals surface area contributed by atoms with Crippen LogP contribution in [0.15, 0.2) is 24.3 Å². The molecule has 0 unspecified atom stereocenters. The normalized spacial score (nSPS) is 13.5. The summed E-state index contributed by atoms with van der Waals surface area (Å²) in [6.07, 6.45) is 2.00. The Morgan fingerprint density at radius 3 is 2.31 bits per heavy atom. The highest BCUT2D eigenvalue weighted by Gasteiger charge is 2.30. The van der Waals surface area contributed by atoms with Crippen molar-refractivity contribution in [3.05, 3.63) is 24.3 Å². The van der Waals surface area contributed by atoms with Crippen LogP contribution in [-0.4, -0.2) is 12.4 Å². The summed E-state index contributed by atoms with van der Waals surface area (Å²) >= 11 is 3.38. The van der Waals surface area contributed by atoms with Crippen LogP contribution in [0.25, 0.3) is 0 Å². The van der Waals surface area contributed by atoms with E-state index in [0.717, 1.165) is 29.6 Å². The molecule has 2 rings (SSSR count). The molecule has 0 spiro atoms. The lowest BCUT2D eigenvalue weighted by Crippen LogP contribution is -2.23. The first kappa shape index (κ1) is 8.94. The van der Waals surface area contributed by atoms with E-state index in [0.29, 0.717) is 0 Å². The fourth-order valence-corrected chi connectivity index (χ4v) is 1.64. The molecule has 13 heavy (non-hydrogen) atoms. The molecule has 0 amide bonds. The summed E-state index contributed by atoms with van der Waals surface area (Å²) in [4.78, 5) is 0. The minimum Gasteiger partial charge on any atom is -0.523 e. The highest BCUT2D eigenvalue weighted by Crippen LogP contribution is 2.33. The second kappa shape index (κ2) is 4.05. The maximum absolute atomic E-state index is 5.57. The maximum atomic E-state index is 5.57. The third kappa shape index (κ3) is 1.99. The van der Waals surface area contributed by atoms with Crippen LogP contribution in [0.2, 0.25) is 6.32 Å². The van der Waals surface area contributed by atoms with E-state index >= 15 is 0 Å². The average molecular weight is 241 g/mol. The molecule has 1 aromatic rings. The van der Waals surface area contributed by atoms with Crippen LogP contribution in [0.1, 0.15) is 6.42 Å². The smallest absolute Gasteiger partial charge is 0.523 e. The Balaban J connectivity index is 1.97. The predicted molar refractivity (Wildman–Crippen MR) is 56.7 cm³/mol. The summed E-state index contributed by atoms with van der Waals surface area (Å²) in [6.45, 7) is 0. The first-order valence-electron chi connectivity index (χ1n) is 4.38. The van der Waals surface area contributed by atoms with Gasteiger partial charge < -0.3 is 9.31 Å². The van der Waals surface area contributed by atoms with Gasteiger partial charge in [-0.1, -0.05) is 28.1 Å². The van der Waals surface area contributed by atoms with Crippen molar-refractivity contribution in [2.24, 2.45) is 0 Å². The first-order valence-corrected chi connectivity index (χ1v) is 5.50. The van der Waals surface area contributed by atoms with Gasteiger partial charge in [-0.05, 0) is 18.6 Å². The van der Waals surface area contributed by atoms with Gasteiger partial charge in [0.05, 0.1) is 0 Å². The van der Waals surface area contributed by atoms with Crippen LogP contribution in [-0.2, 0) is 0 Å². The van der Waals surface area contributed by atoms with Crippen molar-refractivity contribution in [2.75, 3.05) is 5.33 Å². The van der Waals surface area contributed by atoms with E-state index in [1.54, 1.807) is 0 Å². The molecule has 0 aromatic heterocycles. The van der Waals surface area contributed by atoms with Gasteiger partial charge in [-0.2, -0.15) is 0 Å². The number of halogens is 1. The van der Waals surface area contributed by atoms with Crippen LogP contribution in [0.5, 0.6) is 11.5 Å². The number of hydrogen-bond acceptors (Lipinski definition) is 2. The van der Waals surface area contributed by atoms with Crippen molar-refractivity contribution in [2.45, 2.75) is 12.7 Å². The number of rotatable bonds is 3. The van der Waals surface area contributed by atoms with E-state index < -0.39 is 0 Å². The molecule has 1 aromatic carbocycles. The lowest BCUT2D eigenvalue weighted by atomic mass is 9.84. The Morgan fingerprint density at radius 2 is 1.77 bits per heavy atom. The van der Waals surface area contributed by atoms with Crippen LogP contribution < -0.4 is 9.31 Å². The fraction of sp³-hybridized carbons (Fsp3) is 0.333. The molecule has 1 aliphatic rings. The van der Waals surface area contributed by atoms with Crippen LogP contribution in [0.4, 0.5) is 0 Å². The summed E-state index contributed by atoms with van der Waals surface area (Å²) in [5.41, 5.74) is 0. The van der Waals surface area contributed by atoms with Crippen molar-refractivity contribution >= 4 is 23.0 Å². The molecule has 0 bridgehead atoms. The second-order valence-corrected chi connectivity index (χ2v) is 3.74. The van der Waals surface area contributed by atoms with Crippen molar-refractivity contribution < 1.29 is 9.31 Å². The van der Waals surface area contributed by atoms with Crippen LogP contribution in [0, 0.1) is 0 Å². The summed E-state index contributed by atoms with van der Waals surface area (Å²) in [5, 5.41) is 0.993. The molecule has 4 heteroatoms. The molecule has 0 N–H and O–H groups in total. The topological polar surface area (TPSA) is 18.5 Å². The molecule has 0 radical (unpaired) electrons. The zero-order chi connectivity index (χ0) is 9.10. The van der Waals surface area contributed by atoms with Crippen LogP contribution in [0.3, 0.4) is 0 Å². The zero-order valence-corrected chi connectivity index (χ0v) is 8.79. The molecular formula is C9H10BBrO2. The molecule has 0 aliphatic carbocycles. The predicted octanol–water partition coefficient (Wildman–Crippen LogP) is 2.73. The van der Waals surface area contributed by atoms with Crippen molar-refractivity contribution in [1.29, 1.82) is 0 Å². The van der Waals surface area contributed by atoms with Gasteiger partial charge >= 0.3 is 7.12 Å². The van der Waals surface area contributed by atoms with Crippen molar-refractivity contribution in [3.8, 4) is 11.5 Å². The van der Waals surface area contributed by atoms with Gasteiger partial charge in [-0.15, -0.1) is 0 Å². The van der Waals surface area contributed by atoms with E-state index in [1.807, 2.05) is 24.3 Å². The van der Waals surface area contributed by atoms with E-state index in [1.165, 1.54) is 0 Å². The molecular weight excluding hydrogens is 231 g/mol. The molecule has 68 valence electrons. The molecule has 1 heterocycles. The highest BCUT2D eigenvalue weighted by atomic mass is 79.9. The van der Waals surface area contributed by atoms with E-state index in [2.05, 4.69) is 15.9 Å². The van der Waals surface area contributed by atoms with Gasteiger partial charge in [0.1, 0.15) is 11.5 Å². The monoisotopic (exact) mass is 240 g/mol. The Labute approximate surface area is 86.5 Å². The minimum atomic E-state index is -0.0880. The van der Waals surface area contributed by atoms with Gasteiger partial charge in [0.25, 0.3) is 0 Å². The number of hydrogen-bond donors (Lipinski definition) is 0. The SMILES string of the molecule is BrCCCB1Oc2ccccc2O1. The largest absolute Gasteiger partial charge is 0.594 e. The van der Waals surface area contributed by atoms with Gasteiger partial charge in [0, 0.05) is 11.7 Å². The van der Waals surface area contributed by atoms with E-state index in [-0.39, 0.29) is 7.12 Å². The second-order valence-electron chi connectivity index (χ2n) is 2.94. The lowest BCUT2D eigenvalue weighted by molar-refractivity contribution is 0.495. The Bertz CT molecular complexity index is 268. The van der Waals surface area contributed by atoms with Crippen molar-refractivity contribution in [1.82, 2.24) is 0 Å². The first-order chi connectivity index (χ1) is 6.40. The van der Waals surface area contributed by atoms with Crippen LogP contribution >= 0.6 is 15.9 Å². The number of para-hydroxylation sites is 2. The Kier molecular flexibility index (Phi) is 2.78. The Hall–Kier alpha value is -0.635. The third-order valence-electron chi connectivity index (χ3n) is 1.94. The number of alkyl halides is 1. The molecule has 1 aliphatic heterocycles. The van der Waals surface area contributed by atoms with Gasteiger partial charge in [-0.25, -0.2) is 0 Å². The Morgan fingerprint density at radius 1 is 1.15 bits per heavy atom. The van der Waals surface area contributed by atoms with Crippen molar-refractivity contribution in [3.63, 3.8) is 0 Å². The van der Waals surface area contributed by atoms with E-state index in [4.69, 9.17) is 9.31 Å². The maximum Gasteiger partial charge on any atom is 0.594 e. The number of benzene rings is 1. The zero-order valence-electron chi connectivity index (χ0n) is 7.20.